The highest BCUT2D eigenvalue weighted by molar-refractivity contribution is 7.89. The van der Waals surface area contributed by atoms with E-state index in [-0.39, 0.29) is 29.7 Å². The molecule has 0 radical (unpaired) electrons. The minimum Gasteiger partial charge on any atom is -0.298 e. The second-order valence-electron chi connectivity index (χ2n) is 8.72. The van der Waals surface area contributed by atoms with E-state index in [9.17, 15) is 39.6 Å². The molecule has 1 aliphatic rings. The number of carbonyl (C=O) groups is 1. The average Bonchev–Trinajstić information content (AvgIpc) is 3.17. The molecule has 38 heavy (non-hydrogen) atoms. The SMILES string of the molecule is C[C@H]1[C@H](F)C[C@@H](C(=O)CCc2cc(-c3cnc(C(F)(F)F)nc3)ncc2F)N1S(=O)(=O)c1cccc(F)c1. The van der Waals surface area contributed by atoms with Gasteiger partial charge in [-0.15, -0.1) is 0 Å². The summed E-state index contributed by atoms with van der Waals surface area (Å²) in [7, 11) is -4.43. The van der Waals surface area contributed by atoms with Gasteiger partial charge in [-0.2, -0.15) is 17.5 Å². The van der Waals surface area contributed by atoms with Crippen molar-refractivity contribution >= 4 is 15.8 Å². The van der Waals surface area contributed by atoms with Gasteiger partial charge in [-0.25, -0.2) is 31.6 Å². The van der Waals surface area contributed by atoms with Crippen molar-refractivity contribution in [2.45, 2.75) is 55.5 Å². The van der Waals surface area contributed by atoms with Crippen molar-refractivity contribution in [1.29, 1.82) is 0 Å². The van der Waals surface area contributed by atoms with Crippen molar-refractivity contribution < 1.29 is 39.6 Å². The number of rotatable bonds is 7. The first kappa shape index (κ1) is 27.6. The number of Topliss-reactive ketones (excluding diaryl/α,β-unsaturated/α-hetero) is 1. The smallest absolute Gasteiger partial charge is 0.298 e. The van der Waals surface area contributed by atoms with E-state index in [1.807, 2.05) is 0 Å². The molecule has 202 valence electrons. The van der Waals surface area contributed by atoms with Gasteiger partial charge >= 0.3 is 6.18 Å². The molecule has 7 nitrogen and oxygen atoms in total. The molecule has 1 aliphatic heterocycles. The third-order valence-corrected chi connectivity index (χ3v) is 8.19. The Morgan fingerprint density at radius 3 is 2.39 bits per heavy atom. The van der Waals surface area contributed by atoms with Crippen LogP contribution in [0.15, 0.2) is 53.8 Å². The van der Waals surface area contributed by atoms with Gasteiger partial charge in [-0.05, 0) is 43.2 Å². The third kappa shape index (κ3) is 5.55. The summed E-state index contributed by atoms with van der Waals surface area (Å²) in [4.78, 5) is 22.9. The summed E-state index contributed by atoms with van der Waals surface area (Å²) in [5.74, 6) is -3.65. The molecule has 0 saturated carbocycles. The number of hydrogen-bond donors (Lipinski definition) is 0. The molecular weight excluding hydrogens is 538 g/mol. The van der Waals surface area contributed by atoms with Gasteiger partial charge in [0.05, 0.1) is 28.9 Å². The summed E-state index contributed by atoms with van der Waals surface area (Å²) < 4.78 is 108. The Balaban J connectivity index is 1.54. The van der Waals surface area contributed by atoms with Crippen LogP contribution < -0.4 is 0 Å². The van der Waals surface area contributed by atoms with Crippen LogP contribution in [0, 0.1) is 11.6 Å². The van der Waals surface area contributed by atoms with Crippen LogP contribution in [0.3, 0.4) is 0 Å². The molecule has 0 aliphatic carbocycles. The Labute approximate surface area is 213 Å². The van der Waals surface area contributed by atoms with Gasteiger partial charge in [0, 0.05) is 30.8 Å². The monoisotopic (exact) mass is 558 g/mol. The minimum atomic E-state index is -4.74. The Morgan fingerprint density at radius 2 is 1.76 bits per heavy atom. The van der Waals surface area contributed by atoms with Crippen LogP contribution in [0.1, 0.15) is 31.2 Å². The van der Waals surface area contributed by atoms with Crippen LogP contribution in [0.25, 0.3) is 11.3 Å². The van der Waals surface area contributed by atoms with E-state index in [2.05, 4.69) is 15.0 Å². The summed E-state index contributed by atoms with van der Waals surface area (Å²) in [6.45, 7) is 1.30. The number of aromatic nitrogens is 3. The first-order chi connectivity index (χ1) is 17.8. The van der Waals surface area contributed by atoms with Crippen molar-refractivity contribution in [3.63, 3.8) is 0 Å². The first-order valence-electron chi connectivity index (χ1n) is 11.3. The molecule has 0 bridgehead atoms. The number of benzene rings is 1. The van der Waals surface area contributed by atoms with Gasteiger partial charge in [0.2, 0.25) is 15.8 Å². The van der Waals surface area contributed by atoms with Crippen molar-refractivity contribution in [2.75, 3.05) is 0 Å². The van der Waals surface area contributed by atoms with Crippen LogP contribution >= 0.6 is 0 Å². The zero-order valence-electron chi connectivity index (χ0n) is 19.7. The number of carbonyl (C=O) groups excluding carboxylic acids is 1. The number of ketones is 1. The number of alkyl halides is 4. The van der Waals surface area contributed by atoms with E-state index in [1.54, 1.807) is 0 Å². The van der Waals surface area contributed by atoms with Crippen LogP contribution in [-0.2, 0) is 27.4 Å². The van der Waals surface area contributed by atoms with Gasteiger partial charge in [0.1, 0.15) is 17.8 Å². The highest BCUT2D eigenvalue weighted by Crippen LogP contribution is 2.34. The van der Waals surface area contributed by atoms with Gasteiger partial charge in [-0.3, -0.25) is 9.78 Å². The Hall–Kier alpha value is -3.39. The zero-order valence-corrected chi connectivity index (χ0v) is 20.5. The lowest BCUT2D eigenvalue weighted by atomic mass is 10.0. The molecule has 3 atom stereocenters. The lowest BCUT2D eigenvalue weighted by Gasteiger charge is -2.26. The lowest BCUT2D eigenvalue weighted by Crippen LogP contribution is -2.44. The number of sulfonamides is 1. The van der Waals surface area contributed by atoms with Crippen molar-refractivity contribution in [1.82, 2.24) is 19.3 Å². The van der Waals surface area contributed by atoms with Crippen LogP contribution in [-0.4, -0.2) is 51.7 Å². The van der Waals surface area contributed by atoms with Gasteiger partial charge in [0.25, 0.3) is 0 Å². The molecule has 1 saturated heterocycles. The number of pyridine rings is 1. The third-order valence-electron chi connectivity index (χ3n) is 6.20. The predicted molar refractivity (Wildman–Crippen MR) is 122 cm³/mol. The molecule has 0 N–H and O–H groups in total. The predicted octanol–water partition coefficient (Wildman–Crippen LogP) is 4.53. The summed E-state index contributed by atoms with van der Waals surface area (Å²) in [6.07, 6.45) is -4.84. The van der Waals surface area contributed by atoms with Crippen LogP contribution in [0.2, 0.25) is 0 Å². The molecule has 4 rings (SSSR count). The fraction of sp³-hybridized carbons (Fsp3) is 0.333. The van der Waals surface area contributed by atoms with E-state index in [0.29, 0.717) is 0 Å². The largest absolute Gasteiger partial charge is 0.451 e. The Morgan fingerprint density at radius 1 is 1.08 bits per heavy atom. The molecule has 14 heteroatoms. The fourth-order valence-electron chi connectivity index (χ4n) is 4.23. The summed E-state index contributed by atoms with van der Waals surface area (Å²) in [5, 5.41) is 0. The normalized spacial score (nSPS) is 20.6. The number of aryl methyl sites for hydroxylation is 1. The maximum atomic E-state index is 14.6. The highest BCUT2D eigenvalue weighted by atomic mass is 32.2. The molecule has 0 unspecified atom stereocenters. The van der Waals surface area contributed by atoms with E-state index < -0.39 is 69.0 Å². The minimum absolute atomic E-state index is 0.0226. The van der Waals surface area contributed by atoms with Gasteiger partial charge < -0.3 is 0 Å². The molecule has 1 fully saturated rings. The number of hydrogen-bond acceptors (Lipinski definition) is 6. The quantitative estimate of drug-likeness (QED) is 0.396. The molecule has 2 aromatic heterocycles. The topological polar surface area (TPSA) is 93.1 Å². The fourth-order valence-corrected chi connectivity index (χ4v) is 6.09. The van der Waals surface area contributed by atoms with Crippen molar-refractivity contribution in [3.8, 4) is 11.3 Å². The standard InChI is InChI=1S/C24H20F6N4O3S/c1-13-18(26)9-21(34(13)38(36,37)17-4-2-3-16(25)8-17)22(35)6-5-14-7-20(31-12-19(14)27)15-10-32-23(33-11-15)24(28,29)30/h2-4,7-8,10-13,18,21H,5-6,9H2,1H3/t13-,18+,21-/m0/s1. The first-order valence-corrected chi connectivity index (χ1v) is 12.7. The molecule has 0 amide bonds. The van der Waals surface area contributed by atoms with Crippen LogP contribution in [0.5, 0.6) is 0 Å². The second kappa shape index (κ2) is 10.4. The van der Waals surface area contributed by atoms with Gasteiger partial charge in [-0.1, -0.05) is 6.07 Å². The molecular formula is C24H20F6N4O3S. The zero-order chi connectivity index (χ0) is 27.8. The van der Waals surface area contributed by atoms with E-state index >= 15 is 0 Å². The van der Waals surface area contributed by atoms with Crippen molar-refractivity contribution in [2.24, 2.45) is 0 Å². The average molecular weight is 559 g/mol. The molecule has 3 heterocycles. The van der Waals surface area contributed by atoms with E-state index in [0.717, 1.165) is 41.1 Å². The summed E-state index contributed by atoms with van der Waals surface area (Å²) >= 11 is 0. The number of nitrogens with zero attached hydrogens (tertiary/aromatic N) is 4. The highest BCUT2D eigenvalue weighted by Gasteiger charge is 2.48. The lowest BCUT2D eigenvalue weighted by molar-refractivity contribution is -0.145. The summed E-state index contributed by atoms with van der Waals surface area (Å²) in [6, 6.07) is 2.76. The number of halogens is 6. The Kier molecular flexibility index (Phi) is 7.57. The van der Waals surface area contributed by atoms with Crippen LogP contribution in [0.4, 0.5) is 26.3 Å². The Bertz CT molecular complexity index is 1450. The van der Waals surface area contributed by atoms with E-state index in [4.69, 9.17) is 0 Å². The summed E-state index contributed by atoms with van der Waals surface area (Å²) in [5.41, 5.74) is 0.102. The molecule has 1 aromatic carbocycles. The maximum Gasteiger partial charge on any atom is 0.451 e. The van der Waals surface area contributed by atoms with Crippen molar-refractivity contribution in [3.05, 3.63) is 71.9 Å². The maximum absolute atomic E-state index is 14.6. The van der Waals surface area contributed by atoms with E-state index in [1.165, 1.54) is 19.1 Å². The molecule has 3 aromatic rings. The van der Waals surface area contributed by atoms with Gasteiger partial charge in [0.15, 0.2) is 5.78 Å². The second-order valence-corrected chi connectivity index (χ2v) is 10.6. The molecule has 0 spiro atoms.